The number of rotatable bonds is 17. The van der Waals surface area contributed by atoms with Crippen LogP contribution in [0.1, 0.15) is 178 Å². The molecule has 3 atom stereocenters. The van der Waals surface area contributed by atoms with Crippen LogP contribution >= 0.6 is 0 Å². The Bertz CT molecular complexity index is 1470. The molecule has 0 bridgehead atoms. The lowest BCUT2D eigenvalue weighted by Gasteiger charge is -2.18. The van der Waals surface area contributed by atoms with Crippen molar-refractivity contribution in [2.75, 3.05) is 7.05 Å². The van der Waals surface area contributed by atoms with Gasteiger partial charge in [0.1, 0.15) is 5.52 Å². The molecule has 4 rings (SSSR count). The summed E-state index contributed by atoms with van der Waals surface area (Å²) in [5.74, 6) is 3.22. The standard InChI is InChI=1S/C27H38FN3.C13H22.C5H10.C3H6.2C2H6.2C2H4.CH4/c1-9-21(17(2)3)15-20(7)25-16-22(11-10-12-24(18(4)5)31-29-8)23-14-13-19(6)26(28)27(23)30-25;1-3-5-6-7-8-9-10-13-11-12(13)4-2;1-5-3-2-4-5;1-3-2;4*1-2;/h9,13-17,24,29,31H,4,10-12H2,1-3,5-8H3;3,9-10,12-13H,1,4-8,11H2,2H3;5H,2-4H2,1H3;3H,1H2,2H3;2*1-2H3;2*1-2H2;1H4/b20-15+,21-9+;10-9-;;;;;;;. The maximum Gasteiger partial charge on any atom is 0.152 e. The summed E-state index contributed by atoms with van der Waals surface area (Å²) in [6.07, 6.45) is 28.0. The van der Waals surface area contributed by atoms with Crippen molar-refractivity contribution in [1.82, 2.24) is 15.8 Å². The monoisotopic (exact) mass is 846 g/mol. The fourth-order valence-electron chi connectivity index (χ4n) is 6.27. The van der Waals surface area contributed by atoms with Crippen LogP contribution in [0.5, 0.6) is 0 Å². The van der Waals surface area contributed by atoms with Crippen molar-refractivity contribution in [2.45, 2.75) is 181 Å². The van der Waals surface area contributed by atoms with Crippen molar-refractivity contribution < 1.29 is 4.39 Å². The first-order valence-corrected chi connectivity index (χ1v) is 23.2. The van der Waals surface area contributed by atoms with Gasteiger partial charge in [-0.25, -0.2) is 9.37 Å². The molecular weight excluding hydrogens is 746 g/mol. The maximum atomic E-state index is 15.0. The van der Waals surface area contributed by atoms with Gasteiger partial charge >= 0.3 is 0 Å². The minimum absolute atomic E-state index is 0. The van der Waals surface area contributed by atoms with E-state index in [2.05, 4.69) is 129 Å². The first kappa shape index (κ1) is 66.5. The molecule has 0 aliphatic heterocycles. The number of pyridine rings is 1. The summed E-state index contributed by atoms with van der Waals surface area (Å²) in [6.45, 7) is 50.0. The van der Waals surface area contributed by atoms with Crippen LogP contribution in [0, 0.1) is 36.4 Å². The number of aryl methyl sites for hydroxylation is 2. The zero-order chi connectivity index (χ0) is 47.1. The van der Waals surface area contributed by atoms with Crippen LogP contribution in [0.15, 0.2) is 112 Å². The molecule has 0 radical (unpaired) electrons. The fraction of sp³-hybridized carbons (Fsp3) is 0.561. The van der Waals surface area contributed by atoms with E-state index in [9.17, 15) is 0 Å². The third-order valence-corrected chi connectivity index (χ3v) is 10.1. The Labute approximate surface area is 381 Å². The van der Waals surface area contributed by atoms with Crippen LogP contribution in [0.3, 0.4) is 0 Å². The van der Waals surface area contributed by atoms with Gasteiger partial charge in [0.2, 0.25) is 0 Å². The molecule has 4 heteroatoms. The Morgan fingerprint density at radius 3 is 1.95 bits per heavy atom. The lowest BCUT2D eigenvalue weighted by molar-refractivity contribution is 0.346. The molecule has 61 heavy (non-hydrogen) atoms. The number of hydrogen-bond acceptors (Lipinski definition) is 3. The molecule has 0 spiro atoms. The fourth-order valence-corrected chi connectivity index (χ4v) is 6.27. The van der Waals surface area contributed by atoms with Gasteiger partial charge in [0.25, 0.3) is 0 Å². The second-order valence-electron chi connectivity index (χ2n) is 15.2. The third-order valence-electron chi connectivity index (χ3n) is 10.1. The highest BCUT2D eigenvalue weighted by molar-refractivity contribution is 5.86. The molecule has 2 saturated carbocycles. The van der Waals surface area contributed by atoms with Gasteiger partial charge in [-0.1, -0.05) is 149 Å². The Balaban J connectivity index is -0.000000285. The zero-order valence-electron chi connectivity index (χ0n) is 41.8. The predicted octanol–water partition coefficient (Wildman–Crippen LogP) is 18.3. The summed E-state index contributed by atoms with van der Waals surface area (Å²) in [5.41, 5.74) is 12.8. The lowest BCUT2D eigenvalue weighted by atomic mass is 9.88. The van der Waals surface area contributed by atoms with Gasteiger partial charge in [0.15, 0.2) is 5.82 Å². The van der Waals surface area contributed by atoms with Crippen molar-refractivity contribution in [3.05, 3.63) is 134 Å². The summed E-state index contributed by atoms with van der Waals surface area (Å²) in [6, 6.07) is 6.20. The van der Waals surface area contributed by atoms with Crippen LogP contribution < -0.4 is 10.9 Å². The molecule has 1 heterocycles. The van der Waals surface area contributed by atoms with Gasteiger partial charge in [-0.2, -0.15) is 0 Å². The molecule has 2 fully saturated rings. The number of aromatic nitrogens is 1. The number of nitrogens with zero attached hydrogens (tertiary/aromatic N) is 1. The van der Waals surface area contributed by atoms with Gasteiger partial charge in [0, 0.05) is 11.4 Å². The predicted molar refractivity (Wildman–Crippen MR) is 283 cm³/mol. The average molecular weight is 846 g/mol. The first-order valence-electron chi connectivity index (χ1n) is 23.2. The van der Waals surface area contributed by atoms with Crippen molar-refractivity contribution in [2.24, 2.45) is 23.7 Å². The number of unbranched alkanes of at least 4 members (excludes halogenated alkanes) is 3. The minimum Gasteiger partial charge on any atom is -0.260 e. The number of nitrogens with one attached hydrogen (secondary N) is 2. The summed E-state index contributed by atoms with van der Waals surface area (Å²) < 4.78 is 15.0. The normalized spacial score (nSPS) is 15.3. The van der Waals surface area contributed by atoms with E-state index < -0.39 is 0 Å². The molecule has 350 valence electrons. The second kappa shape index (κ2) is 44.5. The topological polar surface area (TPSA) is 37.0 Å². The Kier molecular flexibility index (Phi) is 48.5. The van der Waals surface area contributed by atoms with Crippen molar-refractivity contribution >= 4 is 16.5 Å². The van der Waals surface area contributed by atoms with E-state index in [1.165, 1.54) is 63.4 Å². The second-order valence-corrected chi connectivity index (χ2v) is 15.2. The number of benzene rings is 1. The lowest BCUT2D eigenvalue weighted by Crippen LogP contribution is -2.38. The molecule has 2 aliphatic rings. The van der Waals surface area contributed by atoms with E-state index in [1.54, 1.807) is 13.0 Å². The van der Waals surface area contributed by atoms with E-state index in [0.717, 1.165) is 64.8 Å². The number of hydrogen-bond donors (Lipinski definition) is 2. The van der Waals surface area contributed by atoms with E-state index in [0.29, 0.717) is 17.0 Å². The first-order chi connectivity index (χ1) is 28.9. The summed E-state index contributed by atoms with van der Waals surface area (Å²) >= 11 is 0. The van der Waals surface area contributed by atoms with Gasteiger partial charge < -0.3 is 0 Å². The Hall–Kier alpha value is -3.60. The van der Waals surface area contributed by atoms with Gasteiger partial charge in [0.05, 0.1) is 5.69 Å². The van der Waals surface area contributed by atoms with Crippen LogP contribution in [-0.2, 0) is 6.42 Å². The van der Waals surface area contributed by atoms with Gasteiger partial charge in [-0.15, -0.1) is 39.5 Å². The van der Waals surface area contributed by atoms with Crippen LogP contribution in [0.4, 0.5) is 4.39 Å². The summed E-state index contributed by atoms with van der Waals surface area (Å²) in [7, 11) is 1.87. The molecule has 0 saturated heterocycles. The smallest absolute Gasteiger partial charge is 0.152 e. The average Bonchev–Trinajstić information content (AvgIpc) is 4.03. The van der Waals surface area contributed by atoms with E-state index in [1.807, 2.05) is 66.8 Å². The van der Waals surface area contributed by atoms with Crippen LogP contribution in [0.2, 0.25) is 0 Å². The Morgan fingerprint density at radius 1 is 0.967 bits per heavy atom. The molecule has 1 aromatic heterocycles. The molecule has 3 unspecified atom stereocenters. The molecular formula is C57H100FN3. The number of fused-ring (bicyclic) bond motifs is 1. The summed E-state index contributed by atoms with van der Waals surface area (Å²) in [4.78, 5) is 4.74. The van der Waals surface area contributed by atoms with E-state index >= 15 is 4.39 Å². The SMILES string of the molecule is C.C=C.C=C.C=C(C)C(CCCc1cc(/C(C)=C/C(=C\C)C(C)C)nc2c(F)c(C)ccc12)NNC.C=CC.C=CCCCC/C=C\C1CC1CC.CC.CC.CC1CCC1. The largest absolute Gasteiger partial charge is 0.260 e. The highest BCUT2D eigenvalue weighted by Gasteiger charge is 2.32. The molecule has 0 amide bonds. The Morgan fingerprint density at radius 2 is 1.52 bits per heavy atom. The highest BCUT2D eigenvalue weighted by atomic mass is 19.1. The molecule has 2 N–H and O–H groups in total. The van der Waals surface area contributed by atoms with Crippen molar-refractivity contribution in [3.8, 4) is 0 Å². The molecule has 2 aromatic rings. The van der Waals surface area contributed by atoms with E-state index in [4.69, 9.17) is 4.98 Å². The quantitative estimate of drug-likeness (QED) is 0.0721. The minimum atomic E-state index is -0.222. The van der Waals surface area contributed by atoms with Crippen molar-refractivity contribution in [1.29, 1.82) is 0 Å². The third kappa shape index (κ3) is 30.2. The maximum absolute atomic E-state index is 15.0. The highest BCUT2D eigenvalue weighted by Crippen LogP contribution is 2.42. The zero-order valence-corrected chi connectivity index (χ0v) is 41.8. The van der Waals surface area contributed by atoms with Crippen LogP contribution in [0.25, 0.3) is 16.5 Å². The number of hydrazine groups is 1. The van der Waals surface area contributed by atoms with Gasteiger partial charge in [-0.3, -0.25) is 10.9 Å². The van der Waals surface area contributed by atoms with Crippen LogP contribution in [-0.4, -0.2) is 18.1 Å². The molecule has 2 aliphatic carbocycles. The molecule has 1 aromatic carbocycles. The van der Waals surface area contributed by atoms with Crippen molar-refractivity contribution in [3.63, 3.8) is 0 Å². The molecule has 3 nitrogen and oxygen atoms in total. The number of allylic oxidation sites excluding steroid dienone is 8. The number of halogens is 1. The van der Waals surface area contributed by atoms with E-state index in [-0.39, 0.29) is 19.3 Å². The van der Waals surface area contributed by atoms with Gasteiger partial charge in [-0.05, 0) is 145 Å². The summed E-state index contributed by atoms with van der Waals surface area (Å²) in [5, 5.41) is 0.906.